The molecule has 0 fully saturated rings. The third-order valence-corrected chi connectivity index (χ3v) is 2.89. The molecule has 0 spiro atoms. The molecule has 18 heavy (non-hydrogen) atoms. The molecule has 3 aromatic rings. The Kier molecular flexibility index (Phi) is 2.19. The fraction of sp³-hybridized carbons (Fsp3) is 0.0769. The van der Waals surface area contributed by atoms with Gasteiger partial charge in [-0.25, -0.2) is 0 Å². The van der Waals surface area contributed by atoms with E-state index in [-0.39, 0.29) is 5.88 Å². The van der Waals surface area contributed by atoms with Crippen LogP contribution in [0.4, 0.5) is 5.88 Å². The Bertz CT molecular complexity index is 760. The Hall–Kier alpha value is -2.56. The molecule has 5 heteroatoms. The highest BCUT2D eigenvalue weighted by atomic mass is 16.6. The van der Waals surface area contributed by atoms with Gasteiger partial charge in [-0.3, -0.25) is 10.1 Å². The van der Waals surface area contributed by atoms with Crippen LogP contribution in [0, 0.1) is 10.1 Å². The topological polar surface area (TPSA) is 65.5 Å². The molecule has 5 nitrogen and oxygen atoms in total. The van der Waals surface area contributed by atoms with Crippen molar-refractivity contribution in [2.75, 3.05) is 7.11 Å². The summed E-state index contributed by atoms with van der Waals surface area (Å²) in [6, 6.07) is 10.7. The summed E-state index contributed by atoms with van der Waals surface area (Å²) in [5.41, 5.74) is 0.456. The number of ether oxygens (including phenoxy) is 1. The maximum atomic E-state index is 10.7. The van der Waals surface area contributed by atoms with E-state index in [0.29, 0.717) is 11.3 Å². The van der Waals surface area contributed by atoms with Gasteiger partial charge in [-0.1, -0.05) is 24.3 Å². The highest BCUT2D eigenvalue weighted by molar-refractivity contribution is 6.09. The molecular weight excluding hydrogens is 234 g/mol. The van der Waals surface area contributed by atoms with Crippen LogP contribution in [0.1, 0.15) is 0 Å². The molecule has 0 bridgehead atoms. The van der Waals surface area contributed by atoms with Crippen molar-refractivity contribution in [3.8, 4) is 5.75 Å². The second-order valence-corrected chi connectivity index (χ2v) is 3.88. The van der Waals surface area contributed by atoms with Crippen molar-refractivity contribution in [3.05, 3.63) is 46.5 Å². The summed E-state index contributed by atoms with van der Waals surface area (Å²) >= 11 is 0. The van der Waals surface area contributed by atoms with Crippen molar-refractivity contribution in [1.82, 2.24) is 0 Å². The molecular formula is C13H9NO4. The molecule has 1 aromatic heterocycles. The van der Waals surface area contributed by atoms with Gasteiger partial charge >= 0.3 is 5.88 Å². The zero-order valence-corrected chi connectivity index (χ0v) is 9.54. The Balaban J connectivity index is 2.47. The standard InChI is InChI=1S/C13H9NO4/c1-17-11-7-12-10(6-13(18-12)14(15)16)8-4-2-3-5-9(8)11/h2-7H,1H3. The summed E-state index contributed by atoms with van der Waals surface area (Å²) in [7, 11) is 1.56. The summed E-state index contributed by atoms with van der Waals surface area (Å²) in [5, 5.41) is 13.2. The largest absolute Gasteiger partial charge is 0.496 e. The maximum Gasteiger partial charge on any atom is 0.434 e. The van der Waals surface area contributed by atoms with Crippen LogP contribution in [0.2, 0.25) is 0 Å². The number of methoxy groups -OCH3 is 1. The monoisotopic (exact) mass is 243 g/mol. The number of rotatable bonds is 2. The SMILES string of the molecule is COc1cc2oc([N+](=O)[O-])cc2c2ccccc12. The first-order valence-corrected chi connectivity index (χ1v) is 5.34. The lowest BCUT2D eigenvalue weighted by Crippen LogP contribution is -1.84. The first kappa shape index (κ1) is 10.6. The third-order valence-electron chi connectivity index (χ3n) is 2.89. The summed E-state index contributed by atoms with van der Waals surface area (Å²) in [6.07, 6.45) is 0. The molecule has 90 valence electrons. The van der Waals surface area contributed by atoms with Crippen LogP contribution in [0.25, 0.3) is 21.7 Å². The van der Waals surface area contributed by atoms with E-state index in [1.807, 2.05) is 24.3 Å². The van der Waals surface area contributed by atoms with E-state index in [4.69, 9.17) is 9.15 Å². The summed E-state index contributed by atoms with van der Waals surface area (Å²) in [4.78, 5) is 10.2. The van der Waals surface area contributed by atoms with Crippen LogP contribution in [-0.4, -0.2) is 12.0 Å². The van der Waals surface area contributed by atoms with Gasteiger partial charge in [0.25, 0.3) is 0 Å². The van der Waals surface area contributed by atoms with Gasteiger partial charge in [0.15, 0.2) is 0 Å². The Labute approximate surface area is 102 Å². The van der Waals surface area contributed by atoms with Gasteiger partial charge in [0.2, 0.25) is 0 Å². The highest BCUT2D eigenvalue weighted by Crippen LogP contribution is 2.36. The molecule has 3 rings (SSSR count). The van der Waals surface area contributed by atoms with E-state index in [1.165, 1.54) is 6.07 Å². The normalized spacial score (nSPS) is 10.9. The third kappa shape index (κ3) is 1.41. The molecule has 0 aliphatic carbocycles. The van der Waals surface area contributed by atoms with Gasteiger partial charge in [0.1, 0.15) is 16.3 Å². The number of nitro groups is 1. The molecule has 0 atom stereocenters. The van der Waals surface area contributed by atoms with Crippen molar-refractivity contribution in [2.45, 2.75) is 0 Å². The van der Waals surface area contributed by atoms with Crippen molar-refractivity contribution >= 4 is 27.6 Å². The number of benzene rings is 2. The number of nitrogens with zero attached hydrogens (tertiary/aromatic N) is 1. The molecule has 0 aliphatic rings. The second-order valence-electron chi connectivity index (χ2n) is 3.88. The first-order valence-electron chi connectivity index (χ1n) is 5.34. The molecule has 0 amide bonds. The summed E-state index contributed by atoms with van der Waals surface area (Å²) < 4.78 is 10.5. The molecule has 0 N–H and O–H groups in total. The van der Waals surface area contributed by atoms with Gasteiger partial charge < -0.3 is 9.15 Å². The molecule has 2 aromatic carbocycles. The Morgan fingerprint density at radius 1 is 1.17 bits per heavy atom. The van der Waals surface area contributed by atoms with E-state index in [1.54, 1.807) is 13.2 Å². The number of hydrogen-bond acceptors (Lipinski definition) is 4. The zero-order valence-electron chi connectivity index (χ0n) is 9.54. The van der Waals surface area contributed by atoms with Crippen LogP contribution in [0.3, 0.4) is 0 Å². The van der Waals surface area contributed by atoms with Crippen molar-refractivity contribution < 1.29 is 14.1 Å². The van der Waals surface area contributed by atoms with E-state index < -0.39 is 4.92 Å². The number of fused-ring (bicyclic) bond motifs is 3. The van der Waals surface area contributed by atoms with Crippen LogP contribution in [0.15, 0.2) is 40.8 Å². The predicted octanol–water partition coefficient (Wildman–Crippen LogP) is 3.50. The van der Waals surface area contributed by atoms with E-state index in [0.717, 1.165) is 16.2 Å². The van der Waals surface area contributed by atoms with Crippen molar-refractivity contribution in [3.63, 3.8) is 0 Å². The van der Waals surface area contributed by atoms with E-state index in [2.05, 4.69) is 0 Å². The average Bonchev–Trinajstić information content (AvgIpc) is 2.82. The minimum absolute atomic E-state index is 0.261. The molecule has 0 radical (unpaired) electrons. The maximum absolute atomic E-state index is 10.7. The van der Waals surface area contributed by atoms with Crippen LogP contribution < -0.4 is 4.74 Å². The van der Waals surface area contributed by atoms with Crippen LogP contribution >= 0.6 is 0 Å². The molecule has 0 unspecified atom stereocenters. The smallest absolute Gasteiger partial charge is 0.434 e. The lowest BCUT2D eigenvalue weighted by atomic mass is 10.1. The number of furan rings is 1. The van der Waals surface area contributed by atoms with Gasteiger partial charge in [-0.15, -0.1) is 0 Å². The van der Waals surface area contributed by atoms with Gasteiger partial charge in [-0.2, -0.15) is 0 Å². The molecule has 0 saturated carbocycles. The second kappa shape index (κ2) is 3.73. The zero-order chi connectivity index (χ0) is 12.7. The highest BCUT2D eigenvalue weighted by Gasteiger charge is 2.17. The quantitative estimate of drug-likeness (QED) is 0.510. The lowest BCUT2D eigenvalue weighted by molar-refractivity contribution is -0.401. The van der Waals surface area contributed by atoms with Crippen LogP contribution in [-0.2, 0) is 0 Å². The van der Waals surface area contributed by atoms with Gasteiger partial charge in [-0.05, 0) is 5.39 Å². The minimum Gasteiger partial charge on any atom is -0.496 e. The predicted molar refractivity (Wildman–Crippen MR) is 66.9 cm³/mol. The fourth-order valence-electron chi connectivity index (χ4n) is 2.10. The Morgan fingerprint density at radius 2 is 1.89 bits per heavy atom. The van der Waals surface area contributed by atoms with Gasteiger partial charge in [0, 0.05) is 16.8 Å². The Morgan fingerprint density at radius 3 is 2.56 bits per heavy atom. The first-order chi connectivity index (χ1) is 8.70. The number of hydrogen-bond donors (Lipinski definition) is 0. The average molecular weight is 243 g/mol. The lowest BCUT2D eigenvalue weighted by Gasteiger charge is -2.05. The fourth-order valence-corrected chi connectivity index (χ4v) is 2.10. The summed E-state index contributed by atoms with van der Waals surface area (Å²) in [5.74, 6) is 0.380. The minimum atomic E-state index is -0.540. The molecule has 0 saturated heterocycles. The van der Waals surface area contributed by atoms with Crippen LogP contribution in [0.5, 0.6) is 5.75 Å². The van der Waals surface area contributed by atoms with E-state index >= 15 is 0 Å². The van der Waals surface area contributed by atoms with E-state index in [9.17, 15) is 10.1 Å². The molecule has 1 heterocycles. The van der Waals surface area contributed by atoms with Crippen molar-refractivity contribution in [1.29, 1.82) is 0 Å². The molecule has 0 aliphatic heterocycles. The summed E-state index contributed by atoms with van der Waals surface area (Å²) in [6.45, 7) is 0. The van der Waals surface area contributed by atoms with Gasteiger partial charge in [0.05, 0.1) is 13.2 Å². The van der Waals surface area contributed by atoms with Crippen molar-refractivity contribution in [2.24, 2.45) is 0 Å².